The number of esters is 1. The highest BCUT2D eigenvalue weighted by Crippen LogP contribution is 2.13. The SMILES string of the molecule is CC(=O)Oc1cccc(C(C)=O)c1.CC(=O)c1cccc(CC(=O)O)c1. The van der Waals surface area contributed by atoms with Crippen molar-refractivity contribution < 1.29 is 29.0 Å². The molecule has 0 heterocycles. The summed E-state index contributed by atoms with van der Waals surface area (Å²) in [6.07, 6.45) is -0.0406. The summed E-state index contributed by atoms with van der Waals surface area (Å²) in [5, 5.41) is 8.51. The number of carbonyl (C=O) groups is 4. The number of ether oxygens (including phenoxy) is 1. The van der Waals surface area contributed by atoms with E-state index in [-0.39, 0.29) is 24.0 Å². The smallest absolute Gasteiger partial charge is 0.308 e. The summed E-state index contributed by atoms with van der Waals surface area (Å²) >= 11 is 0. The Kier molecular flexibility index (Phi) is 7.89. The van der Waals surface area contributed by atoms with Crippen LogP contribution in [-0.4, -0.2) is 28.6 Å². The van der Waals surface area contributed by atoms with Crippen LogP contribution in [-0.2, 0) is 16.0 Å². The van der Waals surface area contributed by atoms with Gasteiger partial charge in [0.2, 0.25) is 0 Å². The molecule has 0 aliphatic heterocycles. The van der Waals surface area contributed by atoms with Crippen LogP contribution in [0.25, 0.3) is 0 Å². The Morgan fingerprint density at radius 2 is 1.38 bits per heavy atom. The van der Waals surface area contributed by atoms with E-state index in [0.717, 1.165) is 0 Å². The summed E-state index contributed by atoms with van der Waals surface area (Å²) in [7, 11) is 0. The van der Waals surface area contributed by atoms with Crippen molar-refractivity contribution in [3.8, 4) is 5.75 Å². The first-order valence-corrected chi connectivity index (χ1v) is 7.80. The van der Waals surface area contributed by atoms with Crippen molar-refractivity contribution in [2.24, 2.45) is 0 Å². The monoisotopic (exact) mass is 356 g/mol. The molecule has 0 spiro atoms. The Morgan fingerprint density at radius 3 is 1.88 bits per heavy atom. The fraction of sp³-hybridized carbons (Fsp3) is 0.200. The van der Waals surface area contributed by atoms with Gasteiger partial charge in [0.15, 0.2) is 11.6 Å². The maximum atomic E-state index is 10.9. The summed E-state index contributed by atoms with van der Waals surface area (Å²) in [5.41, 5.74) is 1.75. The molecule has 0 atom stereocenters. The molecule has 6 heteroatoms. The summed E-state index contributed by atoms with van der Waals surface area (Å²) in [5.74, 6) is -0.970. The first kappa shape index (κ1) is 20.8. The average molecular weight is 356 g/mol. The van der Waals surface area contributed by atoms with E-state index < -0.39 is 5.97 Å². The number of aliphatic carboxylic acids is 1. The fourth-order valence-corrected chi connectivity index (χ4v) is 2.02. The lowest BCUT2D eigenvalue weighted by Crippen LogP contribution is -2.02. The maximum Gasteiger partial charge on any atom is 0.308 e. The molecule has 6 nitrogen and oxygen atoms in total. The van der Waals surface area contributed by atoms with Crippen LogP contribution in [0.15, 0.2) is 48.5 Å². The molecule has 0 amide bonds. The van der Waals surface area contributed by atoms with Gasteiger partial charge in [-0.3, -0.25) is 19.2 Å². The molecule has 0 saturated carbocycles. The van der Waals surface area contributed by atoms with E-state index in [9.17, 15) is 19.2 Å². The summed E-state index contributed by atoms with van der Waals surface area (Å²) in [6.45, 7) is 4.24. The van der Waals surface area contributed by atoms with Gasteiger partial charge in [-0.05, 0) is 37.6 Å². The van der Waals surface area contributed by atoms with Crippen molar-refractivity contribution in [1.82, 2.24) is 0 Å². The number of carboxylic acid groups (broad SMARTS) is 1. The molecule has 2 rings (SSSR count). The molecule has 2 aromatic rings. The highest BCUT2D eigenvalue weighted by atomic mass is 16.5. The van der Waals surface area contributed by atoms with Gasteiger partial charge in [-0.2, -0.15) is 0 Å². The molecule has 1 N–H and O–H groups in total. The Bertz CT molecular complexity index is 753. The van der Waals surface area contributed by atoms with Crippen LogP contribution in [0.2, 0.25) is 0 Å². The number of ketones is 2. The van der Waals surface area contributed by atoms with E-state index in [2.05, 4.69) is 0 Å². The van der Waals surface area contributed by atoms with Gasteiger partial charge in [-0.1, -0.05) is 30.3 Å². The zero-order valence-corrected chi connectivity index (χ0v) is 14.8. The number of benzene rings is 2. The molecule has 0 aliphatic carbocycles. The minimum absolute atomic E-state index is 0.0406. The molecule has 0 fully saturated rings. The average Bonchev–Trinajstić information content (AvgIpc) is 2.54. The Morgan fingerprint density at radius 1 is 0.846 bits per heavy atom. The van der Waals surface area contributed by atoms with Gasteiger partial charge < -0.3 is 9.84 Å². The number of Topliss-reactive ketones (excluding diaryl/α,β-unsaturated/α-hetero) is 2. The predicted molar refractivity (Wildman–Crippen MR) is 95.5 cm³/mol. The largest absolute Gasteiger partial charge is 0.481 e. The van der Waals surface area contributed by atoms with Gasteiger partial charge in [0.1, 0.15) is 5.75 Å². The highest BCUT2D eigenvalue weighted by Gasteiger charge is 2.03. The molecule has 26 heavy (non-hydrogen) atoms. The van der Waals surface area contributed by atoms with Crippen molar-refractivity contribution in [3.05, 3.63) is 65.2 Å². The first-order valence-electron chi connectivity index (χ1n) is 7.80. The summed E-state index contributed by atoms with van der Waals surface area (Å²) < 4.78 is 4.81. The van der Waals surface area contributed by atoms with Gasteiger partial charge in [-0.25, -0.2) is 0 Å². The van der Waals surface area contributed by atoms with Gasteiger partial charge in [-0.15, -0.1) is 0 Å². The molecule has 0 radical (unpaired) electrons. The third kappa shape index (κ3) is 7.53. The van der Waals surface area contributed by atoms with Gasteiger partial charge in [0.25, 0.3) is 0 Å². The van der Waals surface area contributed by atoms with Crippen LogP contribution < -0.4 is 4.74 Å². The topological polar surface area (TPSA) is 97.7 Å². The van der Waals surface area contributed by atoms with Crippen molar-refractivity contribution >= 4 is 23.5 Å². The molecule has 0 bridgehead atoms. The van der Waals surface area contributed by atoms with Crippen LogP contribution in [0.3, 0.4) is 0 Å². The first-order chi connectivity index (χ1) is 12.2. The Labute approximate surface area is 151 Å². The van der Waals surface area contributed by atoms with Gasteiger partial charge in [0, 0.05) is 18.1 Å². The molecule has 2 aromatic carbocycles. The van der Waals surface area contributed by atoms with Crippen molar-refractivity contribution in [2.75, 3.05) is 0 Å². The second-order valence-corrected chi connectivity index (χ2v) is 5.50. The normalized spacial score (nSPS) is 9.50. The molecular weight excluding hydrogens is 336 g/mol. The Balaban J connectivity index is 0.000000260. The zero-order chi connectivity index (χ0) is 19.7. The minimum Gasteiger partial charge on any atom is -0.481 e. The Hall–Kier alpha value is -3.28. The van der Waals surface area contributed by atoms with E-state index in [1.807, 2.05) is 0 Å². The van der Waals surface area contributed by atoms with Crippen LogP contribution in [0, 0.1) is 0 Å². The second kappa shape index (κ2) is 9.88. The van der Waals surface area contributed by atoms with E-state index >= 15 is 0 Å². The van der Waals surface area contributed by atoms with E-state index in [1.54, 1.807) is 48.5 Å². The molecule has 0 saturated heterocycles. The summed E-state index contributed by atoms with van der Waals surface area (Å²) in [4.78, 5) is 42.8. The zero-order valence-electron chi connectivity index (χ0n) is 14.8. The summed E-state index contributed by atoms with van der Waals surface area (Å²) in [6, 6.07) is 13.2. The molecule has 0 aromatic heterocycles. The lowest BCUT2D eigenvalue weighted by molar-refractivity contribution is -0.136. The third-order valence-corrected chi connectivity index (χ3v) is 3.19. The standard InChI is InChI=1S/2C10H10O3/c1-7(11)9-4-3-5-10(6-9)13-8(2)12;1-7(11)9-4-2-3-8(5-9)6-10(12)13/h3-6H,1-2H3;2-5H,6H2,1H3,(H,12,13). The number of carboxylic acids is 1. The van der Waals surface area contributed by atoms with Gasteiger partial charge in [0.05, 0.1) is 6.42 Å². The predicted octanol–water partition coefficient (Wildman–Crippen LogP) is 3.33. The van der Waals surface area contributed by atoms with E-state index in [1.165, 1.54) is 20.8 Å². The number of rotatable bonds is 5. The number of carbonyl (C=O) groups excluding carboxylic acids is 3. The minimum atomic E-state index is -0.888. The second-order valence-electron chi connectivity index (χ2n) is 5.50. The molecule has 0 unspecified atom stereocenters. The van der Waals surface area contributed by atoms with E-state index in [4.69, 9.17) is 9.84 Å². The number of hydrogen-bond donors (Lipinski definition) is 1. The number of hydrogen-bond acceptors (Lipinski definition) is 5. The van der Waals surface area contributed by atoms with Crippen molar-refractivity contribution in [2.45, 2.75) is 27.2 Å². The fourth-order valence-electron chi connectivity index (χ4n) is 2.02. The van der Waals surface area contributed by atoms with Crippen LogP contribution in [0.5, 0.6) is 5.75 Å². The molecule has 136 valence electrons. The van der Waals surface area contributed by atoms with Crippen LogP contribution >= 0.6 is 0 Å². The lowest BCUT2D eigenvalue weighted by Gasteiger charge is -2.01. The molecule has 0 aliphatic rings. The van der Waals surface area contributed by atoms with Crippen molar-refractivity contribution in [3.63, 3.8) is 0 Å². The van der Waals surface area contributed by atoms with Gasteiger partial charge >= 0.3 is 11.9 Å². The quantitative estimate of drug-likeness (QED) is 0.501. The maximum absolute atomic E-state index is 10.9. The lowest BCUT2D eigenvalue weighted by atomic mass is 10.1. The van der Waals surface area contributed by atoms with E-state index in [0.29, 0.717) is 22.4 Å². The molecular formula is C20H20O6. The third-order valence-electron chi connectivity index (χ3n) is 3.19. The highest BCUT2D eigenvalue weighted by molar-refractivity contribution is 5.95. The van der Waals surface area contributed by atoms with Crippen LogP contribution in [0.4, 0.5) is 0 Å². The van der Waals surface area contributed by atoms with Crippen molar-refractivity contribution in [1.29, 1.82) is 0 Å². The van der Waals surface area contributed by atoms with Crippen LogP contribution in [0.1, 0.15) is 47.1 Å².